The number of rotatable bonds is 9. The maximum absolute atomic E-state index is 5.38. The van der Waals surface area contributed by atoms with Crippen molar-refractivity contribution in [1.29, 1.82) is 0 Å². The molecule has 0 aromatic heterocycles. The van der Waals surface area contributed by atoms with E-state index in [2.05, 4.69) is 56.6 Å². The van der Waals surface area contributed by atoms with Crippen molar-refractivity contribution >= 4 is 11.6 Å². The van der Waals surface area contributed by atoms with Gasteiger partial charge in [0.2, 0.25) is 0 Å². The lowest BCUT2D eigenvalue weighted by atomic mass is 10.2. The number of anilines is 1. The molecule has 0 atom stereocenters. The molecule has 2 N–H and O–H groups in total. The van der Waals surface area contributed by atoms with Crippen LogP contribution in [0.5, 0.6) is 11.5 Å². The number of aliphatic imine (C=N–C) groups is 1. The van der Waals surface area contributed by atoms with Crippen LogP contribution in [-0.2, 0) is 6.54 Å². The highest BCUT2D eigenvalue weighted by atomic mass is 16.5. The van der Waals surface area contributed by atoms with Crippen molar-refractivity contribution in [3.63, 3.8) is 0 Å². The first-order valence-electron chi connectivity index (χ1n) is 11.3. The molecule has 1 fully saturated rings. The molecule has 1 aliphatic rings. The first-order chi connectivity index (χ1) is 15.6. The van der Waals surface area contributed by atoms with E-state index >= 15 is 0 Å². The Morgan fingerprint density at radius 3 is 2.44 bits per heavy atom. The average molecular weight is 440 g/mol. The van der Waals surface area contributed by atoms with E-state index in [1.54, 1.807) is 21.3 Å². The second kappa shape index (κ2) is 12.2. The molecule has 0 spiro atoms. The molecule has 174 valence electrons. The molecular formula is C25H37N5O2. The van der Waals surface area contributed by atoms with Gasteiger partial charge < -0.3 is 25.0 Å². The third kappa shape index (κ3) is 6.79. The lowest BCUT2D eigenvalue weighted by molar-refractivity contribution is 0.255. The molecule has 3 rings (SSSR count). The summed E-state index contributed by atoms with van der Waals surface area (Å²) in [5.74, 6) is 2.28. The van der Waals surface area contributed by atoms with Gasteiger partial charge in [-0.25, -0.2) is 0 Å². The maximum atomic E-state index is 5.38. The van der Waals surface area contributed by atoms with Crippen LogP contribution in [0.1, 0.15) is 17.5 Å². The molecule has 1 aliphatic heterocycles. The van der Waals surface area contributed by atoms with E-state index in [0.717, 1.165) is 68.7 Å². The van der Waals surface area contributed by atoms with Gasteiger partial charge >= 0.3 is 0 Å². The third-order valence-electron chi connectivity index (χ3n) is 5.81. The van der Waals surface area contributed by atoms with Crippen LogP contribution in [0.25, 0.3) is 0 Å². The van der Waals surface area contributed by atoms with Gasteiger partial charge in [0.05, 0.1) is 14.2 Å². The van der Waals surface area contributed by atoms with Gasteiger partial charge in [-0.1, -0.05) is 18.2 Å². The molecule has 0 unspecified atom stereocenters. The van der Waals surface area contributed by atoms with Crippen LogP contribution in [-0.4, -0.2) is 71.4 Å². The fraction of sp³-hybridized carbons (Fsp3) is 0.480. The van der Waals surface area contributed by atoms with E-state index in [0.29, 0.717) is 6.54 Å². The summed E-state index contributed by atoms with van der Waals surface area (Å²) in [6, 6.07) is 14.7. The van der Waals surface area contributed by atoms with Gasteiger partial charge in [0, 0.05) is 52.0 Å². The Labute approximate surface area is 192 Å². The van der Waals surface area contributed by atoms with Crippen LogP contribution >= 0.6 is 0 Å². The number of methoxy groups -OCH3 is 2. The van der Waals surface area contributed by atoms with Crippen molar-refractivity contribution < 1.29 is 9.47 Å². The molecule has 2 aromatic carbocycles. The molecule has 0 amide bonds. The largest absolute Gasteiger partial charge is 0.493 e. The smallest absolute Gasteiger partial charge is 0.191 e. The van der Waals surface area contributed by atoms with Crippen LogP contribution in [0.15, 0.2) is 47.5 Å². The number of nitrogens with zero attached hydrogens (tertiary/aromatic N) is 3. The number of aryl methyl sites for hydroxylation is 1. The summed E-state index contributed by atoms with van der Waals surface area (Å²) in [4.78, 5) is 9.37. The maximum Gasteiger partial charge on any atom is 0.191 e. The van der Waals surface area contributed by atoms with Gasteiger partial charge in [0.25, 0.3) is 0 Å². The van der Waals surface area contributed by atoms with Gasteiger partial charge in [-0.15, -0.1) is 0 Å². The Bertz CT molecular complexity index is 878. The highest BCUT2D eigenvalue weighted by Gasteiger charge is 2.16. The zero-order chi connectivity index (χ0) is 22.8. The SMILES string of the molecule is CN=C(NCCCN1CCN(c2cccc(C)c2)CC1)NCc1ccc(OC)c(OC)c1. The van der Waals surface area contributed by atoms with Crippen molar-refractivity contribution in [2.24, 2.45) is 4.99 Å². The fourth-order valence-electron chi connectivity index (χ4n) is 3.96. The standard InChI is InChI=1S/C25H37N5O2/c1-20-7-5-8-22(17-20)30-15-13-29(14-16-30)12-6-11-27-25(26-2)28-19-21-9-10-23(31-3)24(18-21)32-4/h5,7-10,17-18H,6,11-16,19H2,1-4H3,(H2,26,27,28). The lowest BCUT2D eigenvalue weighted by Crippen LogP contribution is -2.47. The molecular weight excluding hydrogens is 402 g/mol. The van der Waals surface area contributed by atoms with E-state index in [4.69, 9.17) is 9.47 Å². The van der Waals surface area contributed by atoms with E-state index in [9.17, 15) is 0 Å². The number of hydrogen-bond donors (Lipinski definition) is 2. The highest BCUT2D eigenvalue weighted by molar-refractivity contribution is 5.79. The van der Waals surface area contributed by atoms with Gasteiger partial charge in [-0.2, -0.15) is 0 Å². The zero-order valence-corrected chi connectivity index (χ0v) is 19.9. The Morgan fingerprint density at radius 2 is 1.75 bits per heavy atom. The van der Waals surface area contributed by atoms with Crippen molar-refractivity contribution in [2.75, 3.05) is 65.4 Å². The van der Waals surface area contributed by atoms with Gasteiger partial charge in [-0.3, -0.25) is 9.89 Å². The molecule has 0 radical (unpaired) electrons. The molecule has 32 heavy (non-hydrogen) atoms. The molecule has 1 heterocycles. The Morgan fingerprint density at radius 1 is 0.969 bits per heavy atom. The second-order valence-electron chi connectivity index (χ2n) is 8.06. The first-order valence-corrected chi connectivity index (χ1v) is 11.3. The molecule has 0 saturated carbocycles. The van der Waals surface area contributed by atoms with E-state index in [-0.39, 0.29) is 0 Å². The van der Waals surface area contributed by atoms with E-state index in [1.165, 1.54) is 11.3 Å². The van der Waals surface area contributed by atoms with Crippen LogP contribution < -0.4 is 25.0 Å². The van der Waals surface area contributed by atoms with Crippen molar-refractivity contribution in [3.8, 4) is 11.5 Å². The van der Waals surface area contributed by atoms with E-state index in [1.807, 2.05) is 18.2 Å². The minimum atomic E-state index is 0.668. The zero-order valence-electron chi connectivity index (χ0n) is 19.9. The molecule has 0 bridgehead atoms. The second-order valence-corrected chi connectivity index (χ2v) is 8.06. The number of benzene rings is 2. The van der Waals surface area contributed by atoms with Crippen LogP contribution in [0.3, 0.4) is 0 Å². The minimum Gasteiger partial charge on any atom is -0.493 e. The van der Waals surface area contributed by atoms with E-state index < -0.39 is 0 Å². The Hall–Kier alpha value is -2.93. The molecule has 2 aromatic rings. The fourth-order valence-corrected chi connectivity index (χ4v) is 3.96. The lowest BCUT2D eigenvalue weighted by Gasteiger charge is -2.36. The summed E-state index contributed by atoms with van der Waals surface area (Å²) in [5.41, 5.74) is 3.77. The summed E-state index contributed by atoms with van der Waals surface area (Å²) in [5, 5.41) is 6.78. The van der Waals surface area contributed by atoms with Crippen molar-refractivity contribution in [1.82, 2.24) is 15.5 Å². The summed E-state index contributed by atoms with van der Waals surface area (Å²) in [7, 11) is 5.10. The summed E-state index contributed by atoms with van der Waals surface area (Å²) >= 11 is 0. The van der Waals surface area contributed by atoms with Crippen molar-refractivity contribution in [3.05, 3.63) is 53.6 Å². The number of ether oxygens (including phenoxy) is 2. The number of piperazine rings is 1. The Kier molecular flexibility index (Phi) is 9.04. The number of guanidine groups is 1. The molecule has 7 nitrogen and oxygen atoms in total. The monoisotopic (exact) mass is 439 g/mol. The van der Waals surface area contributed by atoms with Crippen molar-refractivity contribution in [2.45, 2.75) is 19.9 Å². The predicted octanol–water partition coefficient (Wildman–Crippen LogP) is 2.89. The number of hydrogen-bond acceptors (Lipinski definition) is 5. The molecule has 1 saturated heterocycles. The predicted molar refractivity (Wildman–Crippen MR) is 132 cm³/mol. The average Bonchev–Trinajstić information content (AvgIpc) is 2.83. The van der Waals surface area contributed by atoms with Gasteiger partial charge in [0.1, 0.15) is 0 Å². The van der Waals surface area contributed by atoms with Gasteiger partial charge in [-0.05, 0) is 55.3 Å². The number of nitrogens with one attached hydrogen (secondary N) is 2. The van der Waals surface area contributed by atoms with Crippen LogP contribution in [0, 0.1) is 6.92 Å². The topological polar surface area (TPSA) is 61.4 Å². The first kappa shape index (κ1) is 23.7. The van der Waals surface area contributed by atoms with Crippen LogP contribution in [0.2, 0.25) is 0 Å². The molecule has 0 aliphatic carbocycles. The third-order valence-corrected chi connectivity index (χ3v) is 5.81. The summed E-state index contributed by atoms with van der Waals surface area (Å²) in [6.45, 7) is 9.21. The Balaban J connectivity index is 1.34. The van der Waals surface area contributed by atoms with Gasteiger partial charge in [0.15, 0.2) is 17.5 Å². The van der Waals surface area contributed by atoms with Crippen LogP contribution in [0.4, 0.5) is 5.69 Å². The summed E-state index contributed by atoms with van der Waals surface area (Å²) < 4.78 is 10.7. The quantitative estimate of drug-likeness (QED) is 0.356. The normalized spacial score (nSPS) is 14.9. The molecule has 7 heteroatoms. The highest BCUT2D eigenvalue weighted by Crippen LogP contribution is 2.27. The summed E-state index contributed by atoms with van der Waals surface area (Å²) in [6.07, 6.45) is 1.08. The minimum absolute atomic E-state index is 0.668.